The summed E-state index contributed by atoms with van der Waals surface area (Å²) < 4.78 is 13.6. The van der Waals surface area contributed by atoms with Gasteiger partial charge >= 0.3 is 0 Å². The Kier molecular flexibility index (Phi) is 6.99. The molecule has 6 heteroatoms. The zero-order chi connectivity index (χ0) is 15.8. The number of nitrogens with one attached hydrogen (secondary N) is 2. The van der Waals surface area contributed by atoms with E-state index >= 15 is 0 Å². The Morgan fingerprint density at radius 2 is 2.32 bits per heavy atom. The zero-order valence-corrected chi connectivity index (χ0v) is 13.7. The number of aliphatic hydroxyl groups is 1. The van der Waals surface area contributed by atoms with Crippen LogP contribution in [0.25, 0.3) is 0 Å². The molecular weight excluding hydrogens is 301 g/mol. The highest BCUT2D eigenvalue weighted by atomic mass is 32.2. The van der Waals surface area contributed by atoms with Crippen molar-refractivity contribution >= 4 is 17.7 Å². The first-order valence-corrected chi connectivity index (χ1v) is 8.91. The van der Waals surface area contributed by atoms with Crippen LogP contribution in [0, 0.1) is 5.82 Å². The fourth-order valence-electron chi connectivity index (χ4n) is 2.39. The molecule has 0 aliphatic carbocycles. The lowest BCUT2D eigenvalue weighted by molar-refractivity contribution is 0.182. The van der Waals surface area contributed by atoms with E-state index in [1.165, 1.54) is 18.2 Å². The van der Waals surface area contributed by atoms with E-state index in [2.05, 4.69) is 15.6 Å². The van der Waals surface area contributed by atoms with Gasteiger partial charge in [-0.05, 0) is 31.6 Å². The number of aliphatic imine (C=N–C) groups is 1. The summed E-state index contributed by atoms with van der Waals surface area (Å²) in [5, 5.41) is 16.7. The molecule has 22 heavy (non-hydrogen) atoms. The predicted molar refractivity (Wildman–Crippen MR) is 90.8 cm³/mol. The van der Waals surface area contributed by atoms with Crippen LogP contribution in [-0.2, 0) is 0 Å². The van der Waals surface area contributed by atoms with Crippen LogP contribution in [0.5, 0.6) is 0 Å². The third kappa shape index (κ3) is 5.18. The average molecular weight is 325 g/mol. The van der Waals surface area contributed by atoms with Gasteiger partial charge in [-0.15, -0.1) is 0 Å². The highest BCUT2D eigenvalue weighted by Gasteiger charge is 2.16. The molecule has 1 aliphatic heterocycles. The summed E-state index contributed by atoms with van der Waals surface area (Å²) in [6.07, 6.45) is 1.41. The number of thioether (sulfide) groups is 1. The molecular formula is C16H24FN3OS. The fourth-order valence-corrected chi connectivity index (χ4v) is 3.46. The van der Waals surface area contributed by atoms with E-state index in [0.717, 1.165) is 18.7 Å². The summed E-state index contributed by atoms with van der Waals surface area (Å²) in [5.41, 5.74) is 0.287. The van der Waals surface area contributed by atoms with Gasteiger partial charge in [0.15, 0.2) is 5.96 Å². The van der Waals surface area contributed by atoms with Gasteiger partial charge in [-0.3, -0.25) is 4.99 Å². The van der Waals surface area contributed by atoms with E-state index in [9.17, 15) is 9.50 Å². The van der Waals surface area contributed by atoms with Gasteiger partial charge in [-0.25, -0.2) is 4.39 Å². The summed E-state index contributed by atoms with van der Waals surface area (Å²) in [6, 6.07) is 6.68. The molecule has 2 rings (SSSR count). The molecule has 1 heterocycles. The normalized spacial score (nSPS) is 20.5. The Balaban J connectivity index is 1.95. The predicted octanol–water partition coefficient (Wildman–Crippen LogP) is 2.31. The van der Waals surface area contributed by atoms with E-state index in [1.807, 2.05) is 18.7 Å². The van der Waals surface area contributed by atoms with Crippen molar-refractivity contribution in [1.82, 2.24) is 10.6 Å². The zero-order valence-electron chi connectivity index (χ0n) is 12.9. The van der Waals surface area contributed by atoms with Crippen molar-refractivity contribution in [3.05, 3.63) is 35.6 Å². The van der Waals surface area contributed by atoms with Crippen molar-refractivity contribution in [3.8, 4) is 0 Å². The van der Waals surface area contributed by atoms with Crippen LogP contribution in [0.2, 0.25) is 0 Å². The van der Waals surface area contributed by atoms with Crippen molar-refractivity contribution in [2.75, 3.05) is 24.6 Å². The van der Waals surface area contributed by atoms with Crippen molar-refractivity contribution < 1.29 is 9.50 Å². The molecule has 1 saturated heterocycles. The van der Waals surface area contributed by atoms with E-state index in [-0.39, 0.29) is 12.1 Å². The summed E-state index contributed by atoms with van der Waals surface area (Å²) in [4.78, 5) is 4.39. The highest BCUT2D eigenvalue weighted by molar-refractivity contribution is 7.99. The number of hydrogen-bond donors (Lipinski definition) is 3. The lowest BCUT2D eigenvalue weighted by atomic mass is 10.1. The average Bonchev–Trinajstić information content (AvgIpc) is 2.54. The number of nitrogens with zero attached hydrogens (tertiary/aromatic N) is 1. The smallest absolute Gasteiger partial charge is 0.191 e. The monoisotopic (exact) mass is 325 g/mol. The number of aliphatic hydroxyl groups excluding tert-OH is 1. The molecule has 1 aromatic carbocycles. The van der Waals surface area contributed by atoms with Gasteiger partial charge < -0.3 is 15.7 Å². The summed E-state index contributed by atoms with van der Waals surface area (Å²) in [6.45, 7) is 2.89. The maximum atomic E-state index is 13.6. The third-order valence-corrected chi connectivity index (χ3v) is 4.75. The van der Waals surface area contributed by atoms with Crippen LogP contribution >= 0.6 is 11.8 Å². The van der Waals surface area contributed by atoms with Crippen molar-refractivity contribution in [3.63, 3.8) is 0 Å². The molecule has 2 unspecified atom stereocenters. The molecule has 1 aliphatic rings. The molecule has 2 atom stereocenters. The van der Waals surface area contributed by atoms with Gasteiger partial charge in [0.25, 0.3) is 0 Å². The molecule has 0 saturated carbocycles. The van der Waals surface area contributed by atoms with Crippen molar-refractivity contribution in [2.45, 2.75) is 31.9 Å². The second-order valence-electron chi connectivity index (χ2n) is 5.32. The largest absolute Gasteiger partial charge is 0.386 e. The first kappa shape index (κ1) is 17.1. The molecule has 0 bridgehead atoms. The lowest BCUT2D eigenvalue weighted by Crippen LogP contribution is -2.45. The number of benzene rings is 1. The molecule has 3 N–H and O–H groups in total. The summed E-state index contributed by atoms with van der Waals surface area (Å²) in [5.74, 6) is 2.58. The van der Waals surface area contributed by atoms with E-state index in [0.29, 0.717) is 12.0 Å². The van der Waals surface area contributed by atoms with E-state index in [1.54, 1.807) is 18.2 Å². The van der Waals surface area contributed by atoms with E-state index in [4.69, 9.17) is 0 Å². The van der Waals surface area contributed by atoms with Crippen molar-refractivity contribution in [2.24, 2.45) is 4.99 Å². The standard InChI is InChI=1S/C16H24FN3OS/c1-2-18-16(20-12-6-5-9-22-11-12)19-10-15(21)13-7-3-4-8-14(13)17/h3-4,7-8,12,15,21H,2,5-6,9-11H2,1H3,(H2,18,19,20). The Bertz CT molecular complexity index is 492. The molecule has 0 aromatic heterocycles. The Morgan fingerprint density at radius 1 is 1.50 bits per heavy atom. The van der Waals surface area contributed by atoms with Gasteiger partial charge in [0.05, 0.1) is 6.54 Å². The molecule has 4 nitrogen and oxygen atoms in total. The molecule has 0 amide bonds. The maximum Gasteiger partial charge on any atom is 0.191 e. The van der Waals surface area contributed by atoms with Gasteiger partial charge in [-0.1, -0.05) is 18.2 Å². The molecule has 1 fully saturated rings. The third-order valence-electron chi connectivity index (χ3n) is 3.53. The van der Waals surface area contributed by atoms with Crippen LogP contribution in [0.1, 0.15) is 31.4 Å². The SMILES string of the molecule is CCNC(=NCC(O)c1ccccc1F)NC1CCCSC1. The second-order valence-corrected chi connectivity index (χ2v) is 6.47. The number of hydrogen-bond acceptors (Lipinski definition) is 3. The molecule has 0 spiro atoms. The van der Waals surface area contributed by atoms with Crippen LogP contribution in [-0.4, -0.2) is 41.7 Å². The van der Waals surface area contributed by atoms with E-state index < -0.39 is 11.9 Å². The quantitative estimate of drug-likeness (QED) is 0.574. The summed E-state index contributed by atoms with van der Waals surface area (Å²) >= 11 is 1.94. The number of halogens is 1. The highest BCUT2D eigenvalue weighted by Crippen LogP contribution is 2.18. The Morgan fingerprint density at radius 3 is 3.00 bits per heavy atom. The lowest BCUT2D eigenvalue weighted by Gasteiger charge is -2.24. The van der Waals surface area contributed by atoms with Gasteiger partial charge in [0.1, 0.15) is 11.9 Å². The molecule has 1 aromatic rings. The minimum atomic E-state index is -0.933. The summed E-state index contributed by atoms with van der Waals surface area (Å²) in [7, 11) is 0. The van der Waals surface area contributed by atoms with Gasteiger partial charge in [0.2, 0.25) is 0 Å². The van der Waals surface area contributed by atoms with Gasteiger partial charge in [-0.2, -0.15) is 11.8 Å². The van der Waals surface area contributed by atoms with Crippen LogP contribution in [0.15, 0.2) is 29.3 Å². The molecule has 0 radical (unpaired) electrons. The molecule has 122 valence electrons. The second kappa shape index (κ2) is 9.00. The van der Waals surface area contributed by atoms with Crippen LogP contribution in [0.3, 0.4) is 0 Å². The van der Waals surface area contributed by atoms with Crippen LogP contribution in [0.4, 0.5) is 4.39 Å². The number of guanidine groups is 1. The first-order valence-electron chi connectivity index (χ1n) is 7.75. The minimum absolute atomic E-state index is 0.135. The fraction of sp³-hybridized carbons (Fsp3) is 0.562. The van der Waals surface area contributed by atoms with Gasteiger partial charge in [0, 0.05) is 23.9 Å². The van der Waals surface area contributed by atoms with Crippen LogP contribution < -0.4 is 10.6 Å². The minimum Gasteiger partial charge on any atom is -0.386 e. The maximum absolute atomic E-state index is 13.6. The Labute approximate surface area is 135 Å². The number of rotatable bonds is 5. The first-order chi connectivity index (χ1) is 10.7. The topological polar surface area (TPSA) is 56.7 Å². The van der Waals surface area contributed by atoms with Crippen molar-refractivity contribution in [1.29, 1.82) is 0 Å². The Hall–Kier alpha value is -1.27.